The van der Waals surface area contributed by atoms with Gasteiger partial charge in [0.1, 0.15) is 0 Å². The minimum atomic E-state index is -3.86. The highest BCUT2D eigenvalue weighted by Gasteiger charge is 2.29. The lowest BCUT2D eigenvalue weighted by Crippen LogP contribution is -2.46. The number of aliphatic hydroxyl groups excluding tert-OH is 1. The lowest BCUT2D eigenvalue weighted by molar-refractivity contribution is 0.0697. The van der Waals surface area contributed by atoms with Gasteiger partial charge in [-0.1, -0.05) is 18.5 Å². The van der Waals surface area contributed by atoms with Crippen LogP contribution < -0.4 is 4.72 Å². The molecule has 1 aromatic carbocycles. The highest BCUT2D eigenvalue weighted by atomic mass is 35.5. The first-order chi connectivity index (χ1) is 9.65. The van der Waals surface area contributed by atoms with Gasteiger partial charge < -0.3 is 10.2 Å². The van der Waals surface area contributed by atoms with Crippen LogP contribution in [0.2, 0.25) is 5.02 Å². The van der Waals surface area contributed by atoms with Crippen molar-refractivity contribution in [3.05, 3.63) is 28.8 Å². The summed E-state index contributed by atoms with van der Waals surface area (Å²) in [6.45, 7) is 3.35. The molecule has 0 radical (unpaired) electrons. The third-order valence-corrected chi connectivity index (χ3v) is 5.25. The number of hydrogen-bond acceptors (Lipinski definition) is 4. The predicted molar refractivity (Wildman–Crippen MR) is 79.1 cm³/mol. The van der Waals surface area contributed by atoms with Crippen molar-refractivity contribution in [2.75, 3.05) is 6.61 Å². The third kappa shape index (κ3) is 4.41. The number of carboxylic acid groups (broad SMARTS) is 1. The van der Waals surface area contributed by atoms with Gasteiger partial charge in [0.15, 0.2) is 0 Å². The van der Waals surface area contributed by atoms with Crippen molar-refractivity contribution in [3.8, 4) is 0 Å². The number of carboxylic acids is 1. The highest BCUT2D eigenvalue weighted by Crippen LogP contribution is 2.23. The van der Waals surface area contributed by atoms with E-state index in [1.165, 1.54) is 6.07 Å². The molecule has 118 valence electrons. The molecular formula is C13H18ClNO5S. The molecule has 0 fully saturated rings. The Balaban J connectivity index is 3.14. The molecular weight excluding hydrogens is 318 g/mol. The average molecular weight is 336 g/mol. The Hall–Kier alpha value is -1.15. The van der Waals surface area contributed by atoms with E-state index in [1.54, 1.807) is 13.8 Å². The number of hydrogen-bond donors (Lipinski definition) is 3. The lowest BCUT2D eigenvalue weighted by atomic mass is 9.97. The van der Waals surface area contributed by atoms with Gasteiger partial charge in [-0.3, -0.25) is 0 Å². The van der Waals surface area contributed by atoms with Gasteiger partial charge in [-0.05, 0) is 38.0 Å². The van der Waals surface area contributed by atoms with Gasteiger partial charge >= 0.3 is 5.97 Å². The van der Waals surface area contributed by atoms with E-state index in [0.717, 1.165) is 12.1 Å². The van der Waals surface area contributed by atoms with Crippen LogP contribution in [0, 0.1) is 0 Å². The monoisotopic (exact) mass is 335 g/mol. The maximum Gasteiger partial charge on any atom is 0.337 e. The van der Waals surface area contributed by atoms with Gasteiger partial charge in [-0.2, -0.15) is 0 Å². The Kier molecular flexibility index (Phi) is 5.75. The summed E-state index contributed by atoms with van der Waals surface area (Å²) < 4.78 is 27.2. The fourth-order valence-electron chi connectivity index (χ4n) is 1.77. The molecule has 1 aromatic rings. The first-order valence-corrected chi connectivity index (χ1v) is 8.19. The lowest BCUT2D eigenvalue weighted by Gasteiger charge is -2.28. The number of benzene rings is 1. The molecule has 3 N–H and O–H groups in total. The largest absolute Gasteiger partial charge is 0.478 e. The fourth-order valence-corrected chi connectivity index (χ4v) is 3.63. The number of aromatic carboxylic acids is 1. The Morgan fingerprint density at radius 1 is 1.43 bits per heavy atom. The molecule has 0 amide bonds. The molecule has 0 saturated carbocycles. The molecule has 0 spiro atoms. The fraction of sp³-hybridized carbons (Fsp3) is 0.462. The second-order valence-corrected chi connectivity index (χ2v) is 7.03. The van der Waals surface area contributed by atoms with Crippen LogP contribution >= 0.6 is 11.6 Å². The molecule has 0 bridgehead atoms. The first kappa shape index (κ1) is 17.9. The van der Waals surface area contributed by atoms with Crippen LogP contribution in [0.25, 0.3) is 0 Å². The topological polar surface area (TPSA) is 104 Å². The third-order valence-electron chi connectivity index (χ3n) is 3.31. The van der Waals surface area contributed by atoms with E-state index in [2.05, 4.69) is 4.72 Å². The van der Waals surface area contributed by atoms with E-state index in [0.29, 0.717) is 6.42 Å². The van der Waals surface area contributed by atoms with E-state index in [4.69, 9.17) is 21.8 Å². The maximum absolute atomic E-state index is 12.3. The predicted octanol–water partition coefficient (Wildman–Crippen LogP) is 1.87. The normalized spacial score (nSPS) is 14.7. The summed E-state index contributed by atoms with van der Waals surface area (Å²) in [5, 5.41) is 17.7. The Morgan fingerprint density at radius 3 is 2.48 bits per heavy atom. The van der Waals surface area contributed by atoms with E-state index in [-0.39, 0.29) is 28.5 Å². The molecule has 0 aromatic heterocycles. The molecule has 1 unspecified atom stereocenters. The molecule has 1 rings (SSSR count). The zero-order valence-corrected chi connectivity index (χ0v) is 13.3. The van der Waals surface area contributed by atoms with Gasteiger partial charge in [-0.15, -0.1) is 0 Å². The molecule has 0 aliphatic carbocycles. The smallest absolute Gasteiger partial charge is 0.337 e. The van der Waals surface area contributed by atoms with Crippen LogP contribution in [0.15, 0.2) is 23.1 Å². The van der Waals surface area contributed by atoms with Crippen LogP contribution in [0.1, 0.15) is 37.0 Å². The van der Waals surface area contributed by atoms with Crippen LogP contribution in [0.4, 0.5) is 0 Å². The number of sulfonamides is 1. The Morgan fingerprint density at radius 2 is 2.05 bits per heavy atom. The molecule has 8 heteroatoms. The molecule has 0 heterocycles. The standard InChI is InChI=1S/C13H18ClNO5S/c1-3-13(2,6-7-16)15-21(19,20)9-4-5-10(12(17)18)11(14)8-9/h4-5,8,15-16H,3,6-7H2,1-2H3,(H,17,18). The Bertz CT molecular complexity index is 631. The minimum Gasteiger partial charge on any atom is -0.478 e. The van der Waals surface area contributed by atoms with Crippen molar-refractivity contribution in [2.24, 2.45) is 0 Å². The van der Waals surface area contributed by atoms with Crippen LogP contribution in [0.5, 0.6) is 0 Å². The second-order valence-electron chi connectivity index (χ2n) is 4.94. The molecule has 0 saturated heterocycles. The number of aliphatic hydroxyl groups is 1. The van der Waals surface area contributed by atoms with Crippen LogP contribution in [-0.4, -0.2) is 36.7 Å². The van der Waals surface area contributed by atoms with Crippen molar-refractivity contribution in [2.45, 2.75) is 37.1 Å². The summed E-state index contributed by atoms with van der Waals surface area (Å²) in [5.74, 6) is -1.23. The number of rotatable bonds is 7. The maximum atomic E-state index is 12.3. The van der Waals surface area contributed by atoms with E-state index < -0.39 is 21.5 Å². The summed E-state index contributed by atoms with van der Waals surface area (Å²) in [4.78, 5) is 10.8. The second kappa shape index (κ2) is 6.74. The average Bonchev–Trinajstić information content (AvgIpc) is 2.37. The van der Waals surface area contributed by atoms with Crippen molar-refractivity contribution in [1.82, 2.24) is 4.72 Å². The van der Waals surface area contributed by atoms with Gasteiger partial charge in [-0.25, -0.2) is 17.9 Å². The zero-order chi connectivity index (χ0) is 16.3. The van der Waals surface area contributed by atoms with Crippen molar-refractivity contribution in [3.63, 3.8) is 0 Å². The summed E-state index contributed by atoms with van der Waals surface area (Å²) in [6, 6.07) is 3.43. The molecule has 21 heavy (non-hydrogen) atoms. The van der Waals surface area contributed by atoms with Gasteiger partial charge in [0, 0.05) is 12.1 Å². The SMILES string of the molecule is CCC(C)(CCO)NS(=O)(=O)c1ccc(C(=O)O)c(Cl)c1. The molecule has 0 aliphatic rings. The summed E-state index contributed by atoms with van der Waals surface area (Å²) in [5.41, 5.74) is -0.949. The van der Waals surface area contributed by atoms with E-state index in [9.17, 15) is 13.2 Å². The van der Waals surface area contributed by atoms with E-state index in [1.807, 2.05) is 0 Å². The van der Waals surface area contributed by atoms with Gasteiger partial charge in [0.2, 0.25) is 10.0 Å². The minimum absolute atomic E-state index is 0.116. The number of nitrogens with one attached hydrogen (secondary N) is 1. The first-order valence-electron chi connectivity index (χ1n) is 6.33. The quantitative estimate of drug-likeness (QED) is 0.705. The van der Waals surface area contributed by atoms with Gasteiger partial charge in [0.05, 0.1) is 15.5 Å². The van der Waals surface area contributed by atoms with Crippen molar-refractivity contribution >= 4 is 27.6 Å². The number of carbonyl (C=O) groups is 1. The summed E-state index contributed by atoms with van der Waals surface area (Å²) in [7, 11) is -3.86. The van der Waals surface area contributed by atoms with Crippen LogP contribution in [-0.2, 0) is 10.0 Å². The van der Waals surface area contributed by atoms with Crippen LogP contribution in [0.3, 0.4) is 0 Å². The Labute approximate surface area is 128 Å². The molecule has 1 atom stereocenters. The summed E-state index contributed by atoms with van der Waals surface area (Å²) >= 11 is 5.78. The molecule has 6 nitrogen and oxygen atoms in total. The van der Waals surface area contributed by atoms with Gasteiger partial charge in [0.25, 0.3) is 0 Å². The zero-order valence-electron chi connectivity index (χ0n) is 11.8. The molecule has 0 aliphatic heterocycles. The number of halogens is 1. The summed E-state index contributed by atoms with van der Waals surface area (Å²) in [6.07, 6.45) is 0.761. The van der Waals surface area contributed by atoms with Crippen molar-refractivity contribution in [1.29, 1.82) is 0 Å². The van der Waals surface area contributed by atoms with E-state index >= 15 is 0 Å². The van der Waals surface area contributed by atoms with Crippen molar-refractivity contribution < 1.29 is 23.4 Å². The highest BCUT2D eigenvalue weighted by molar-refractivity contribution is 7.89.